The van der Waals surface area contributed by atoms with E-state index in [0.29, 0.717) is 0 Å². The summed E-state index contributed by atoms with van der Waals surface area (Å²) in [4.78, 5) is 24.9. The normalized spacial score (nSPS) is 16.2. The number of carboxylic acids is 1. The highest BCUT2D eigenvalue weighted by Gasteiger charge is 2.38. The van der Waals surface area contributed by atoms with Gasteiger partial charge in [0.15, 0.2) is 0 Å². The molecule has 1 aromatic heterocycles. The highest BCUT2D eigenvalue weighted by Crippen LogP contribution is 2.29. The molecule has 1 saturated carbocycles. The Kier molecular flexibility index (Phi) is 3.59. The molecule has 19 heavy (non-hydrogen) atoms. The average Bonchev–Trinajstić information content (AvgIpc) is 3.07. The summed E-state index contributed by atoms with van der Waals surface area (Å²) in [5, 5.41) is 13.3. The van der Waals surface area contributed by atoms with Crippen molar-refractivity contribution in [2.45, 2.75) is 52.2 Å². The van der Waals surface area contributed by atoms with Gasteiger partial charge in [0.05, 0.1) is 5.69 Å². The molecule has 0 radical (unpaired) electrons. The predicted molar refractivity (Wildman–Crippen MR) is 68.7 cm³/mol. The Morgan fingerprint density at radius 2 is 2.16 bits per heavy atom. The molecule has 1 aliphatic carbocycles. The number of carbonyl (C=O) groups excluding carboxylic acids is 1. The second-order valence-corrected chi connectivity index (χ2v) is 5.13. The Labute approximate surface area is 112 Å². The van der Waals surface area contributed by atoms with Crippen LogP contribution >= 0.6 is 0 Å². The second-order valence-electron chi connectivity index (χ2n) is 5.13. The summed E-state index contributed by atoms with van der Waals surface area (Å²) in [5.41, 5.74) is 1.76. The molecule has 2 rings (SSSR count). The van der Waals surface area contributed by atoms with E-state index < -0.39 is 12.0 Å². The van der Waals surface area contributed by atoms with Gasteiger partial charge in [-0.25, -0.2) is 4.79 Å². The number of carbonyl (C=O) groups is 2. The molecule has 0 saturated heterocycles. The van der Waals surface area contributed by atoms with Gasteiger partial charge >= 0.3 is 5.97 Å². The van der Waals surface area contributed by atoms with Gasteiger partial charge in [0.25, 0.3) is 0 Å². The Morgan fingerprint density at radius 1 is 1.53 bits per heavy atom. The van der Waals surface area contributed by atoms with Gasteiger partial charge in [-0.3, -0.25) is 9.48 Å². The van der Waals surface area contributed by atoms with Crippen LogP contribution in [0, 0.1) is 13.8 Å². The molecular weight excluding hydrogens is 246 g/mol. The summed E-state index contributed by atoms with van der Waals surface area (Å²) < 4.78 is 1.63. The molecule has 1 aliphatic rings. The van der Waals surface area contributed by atoms with E-state index in [1.165, 1.54) is 4.90 Å². The van der Waals surface area contributed by atoms with Crippen LogP contribution < -0.4 is 0 Å². The van der Waals surface area contributed by atoms with Gasteiger partial charge in [-0.05, 0) is 39.7 Å². The zero-order chi connectivity index (χ0) is 14.2. The molecule has 1 aromatic rings. The van der Waals surface area contributed by atoms with E-state index in [1.54, 1.807) is 11.6 Å². The third kappa shape index (κ3) is 2.94. The van der Waals surface area contributed by atoms with Gasteiger partial charge < -0.3 is 10.0 Å². The SMILES string of the molecule is Cc1cc(C)n(CC(=O)N(C2CC2)C(C)C(=O)O)n1. The number of hydrogen-bond acceptors (Lipinski definition) is 3. The zero-order valence-corrected chi connectivity index (χ0v) is 11.5. The molecule has 0 spiro atoms. The van der Waals surface area contributed by atoms with Crippen molar-refractivity contribution in [2.75, 3.05) is 0 Å². The van der Waals surface area contributed by atoms with Crippen molar-refractivity contribution >= 4 is 11.9 Å². The van der Waals surface area contributed by atoms with Gasteiger partial charge in [-0.1, -0.05) is 0 Å². The van der Waals surface area contributed by atoms with E-state index in [9.17, 15) is 9.59 Å². The Morgan fingerprint density at radius 3 is 2.58 bits per heavy atom. The zero-order valence-electron chi connectivity index (χ0n) is 11.5. The lowest BCUT2D eigenvalue weighted by atomic mass is 10.2. The molecule has 1 unspecified atom stereocenters. The molecule has 1 N–H and O–H groups in total. The molecule has 6 nitrogen and oxygen atoms in total. The first-order valence-corrected chi connectivity index (χ1v) is 6.45. The first-order chi connectivity index (χ1) is 8.90. The fourth-order valence-electron chi connectivity index (χ4n) is 2.25. The van der Waals surface area contributed by atoms with Gasteiger partial charge in [-0.15, -0.1) is 0 Å². The van der Waals surface area contributed by atoms with E-state index in [4.69, 9.17) is 5.11 Å². The average molecular weight is 265 g/mol. The summed E-state index contributed by atoms with van der Waals surface area (Å²) >= 11 is 0. The topological polar surface area (TPSA) is 75.4 Å². The number of amides is 1. The van der Waals surface area contributed by atoms with E-state index >= 15 is 0 Å². The molecule has 0 bridgehead atoms. The van der Waals surface area contributed by atoms with Crippen LogP contribution in [0.25, 0.3) is 0 Å². The number of carboxylic acid groups (broad SMARTS) is 1. The molecule has 6 heteroatoms. The fraction of sp³-hybridized carbons (Fsp3) is 0.615. The fourth-order valence-corrected chi connectivity index (χ4v) is 2.25. The van der Waals surface area contributed by atoms with Crippen LogP contribution in [0.2, 0.25) is 0 Å². The first-order valence-electron chi connectivity index (χ1n) is 6.45. The van der Waals surface area contributed by atoms with Crippen molar-refractivity contribution < 1.29 is 14.7 Å². The number of nitrogens with zero attached hydrogens (tertiary/aromatic N) is 3. The Bertz CT molecular complexity index is 505. The van der Waals surface area contributed by atoms with Gasteiger partial charge in [0.1, 0.15) is 12.6 Å². The quantitative estimate of drug-likeness (QED) is 0.860. The number of aliphatic carboxylic acids is 1. The van der Waals surface area contributed by atoms with Gasteiger partial charge in [0.2, 0.25) is 5.91 Å². The van der Waals surface area contributed by atoms with Crippen LogP contribution in [0.3, 0.4) is 0 Å². The standard InChI is InChI=1S/C13H19N3O3/c1-8-6-9(2)15(14-8)7-12(17)16(11-4-5-11)10(3)13(18)19/h6,10-11H,4-5,7H2,1-3H3,(H,18,19). The Hall–Kier alpha value is -1.85. The monoisotopic (exact) mass is 265 g/mol. The van der Waals surface area contributed by atoms with Crippen molar-refractivity contribution in [3.05, 3.63) is 17.5 Å². The molecule has 0 aromatic carbocycles. The first kappa shape index (κ1) is 13.6. The van der Waals surface area contributed by atoms with Crippen molar-refractivity contribution in [3.8, 4) is 0 Å². The number of rotatable bonds is 5. The van der Waals surface area contributed by atoms with Crippen LogP contribution in [0.4, 0.5) is 0 Å². The summed E-state index contributed by atoms with van der Waals surface area (Å²) in [6, 6.07) is 1.20. The van der Waals surface area contributed by atoms with E-state index in [2.05, 4.69) is 5.10 Å². The molecular formula is C13H19N3O3. The van der Waals surface area contributed by atoms with Crippen LogP contribution in [0.15, 0.2) is 6.07 Å². The number of aryl methyl sites for hydroxylation is 2. The van der Waals surface area contributed by atoms with Gasteiger partial charge in [0, 0.05) is 11.7 Å². The smallest absolute Gasteiger partial charge is 0.326 e. The summed E-state index contributed by atoms with van der Waals surface area (Å²) in [6.45, 7) is 5.41. The minimum Gasteiger partial charge on any atom is -0.480 e. The molecule has 1 heterocycles. The predicted octanol–water partition coefficient (Wildman–Crippen LogP) is 0.964. The van der Waals surface area contributed by atoms with Gasteiger partial charge in [-0.2, -0.15) is 5.10 Å². The molecule has 1 amide bonds. The largest absolute Gasteiger partial charge is 0.480 e. The van der Waals surface area contributed by atoms with Crippen LogP contribution in [0.1, 0.15) is 31.2 Å². The van der Waals surface area contributed by atoms with Crippen molar-refractivity contribution in [1.82, 2.24) is 14.7 Å². The highest BCUT2D eigenvalue weighted by atomic mass is 16.4. The third-order valence-corrected chi connectivity index (χ3v) is 3.39. The molecule has 1 atom stereocenters. The van der Waals surface area contributed by atoms with E-state index in [0.717, 1.165) is 24.2 Å². The van der Waals surface area contributed by atoms with Crippen LogP contribution in [-0.4, -0.2) is 43.7 Å². The van der Waals surface area contributed by atoms with E-state index in [1.807, 2.05) is 19.9 Å². The lowest BCUT2D eigenvalue weighted by molar-refractivity contribution is -0.150. The number of aromatic nitrogens is 2. The Balaban J connectivity index is 2.12. The minimum absolute atomic E-state index is 0.0792. The van der Waals surface area contributed by atoms with Crippen molar-refractivity contribution in [3.63, 3.8) is 0 Å². The maximum atomic E-state index is 12.3. The lowest BCUT2D eigenvalue weighted by Crippen LogP contribution is -2.46. The van der Waals surface area contributed by atoms with Crippen LogP contribution in [0.5, 0.6) is 0 Å². The highest BCUT2D eigenvalue weighted by molar-refractivity contribution is 5.83. The second kappa shape index (κ2) is 5.03. The third-order valence-electron chi connectivity index (χ3n) is 3.39. The number of hydrogen-bond donors (Lipinski definition) is 1. The molecule has 0 aliphatic heterocycles. The summed E-state index contributed by atoms with van der Waals surface area (Å²) in [7, 11) is 0. The van der Waals surface area contributed by atoms with Crippen LogP contribution in [-0.2, 0) is 16.1 Å². The maximum absolute atomic E-state index is 12.3. The van der Waals surface area contributed by atoms with Crippen molar-refractivity contribution in [2.24, 2.45) is 0 Å². The summed E-state index contributed by atoms with van der Waals surface area (Å²) in [5.74, 6) is -1.14. The molecule has 1 fully saturated rings. The molecule has 104 valence electrons. The maximum Gasteiger partial charge on any atom is 0.326 e. The van der Waals surface area contributed by atoms with E-state index in [-0.39, 0.29) is 18.5 Å². The minimum atomic E-state index is -0.964. The van der Waals surface area contributed by atoms with Crippen molar-refractivity contribution in [1.29, 1.82) is 0 Å². The lowest BCUT2D eigenvalue weighted by Gasteiger charge is -2.26. The summed E-state index contributed by atoms with van der Waals surface area (Å²) in [6.07, 6.45) is 1.78.